The second kappa shape index (κ2) is 10.0. The molecule has 0 fully saturated rings. The lowest BCUT2D eigenvalue weighted by Gasteiger charge is -2.15. The van der Waals surface area contributed by atoms with E-state index in [1.54, 1.807) is 25.3 Å². The maximum atomic E-state index is 12.6. The van der Waals surface area contributed by atoms with Crippen molar-refractivity contribution in [2.75, 3.05) is 12.4 Å². The van der Waals surface area contributed by atoms with Gasteiger partial charge in [0.2, 0.25) is 0 Å². The number of anilines is 1. The Morgan fingerprint density at radius 2 is 1.80 bits per heavy atom. The van der Waals surface area contributed by atoms with Crippen LogP contribution in [-0.2, 0) is 6.42 Å². The summed E-state index contributed by atoms with van der Waals surface area (Å²) in [7, 11) is 1.67. The quantitative estimate of drug-likeness (QED) is 0.229. The van der Waals surface area contributed by atoms with Crippen LogP contribution in [0.5, 0.6) is 5.75 Å². The third-order valence-electron chi connectivity index (χ3n) is 7.28. The molecule has 1 aliphatic rings. The number of rotatable bonds is 6. The Morgan fingerprint density at radius 3 is 2.54 bits per heavy atom. The zero-order valence-electron chi connectivity index (χ0n) is 21.6. The minimum absolute atomic E-state index is 0.0612. The van der Waals surface area contributed by atoms with Crippen LogP contribution in [0.15, 0.2) is 78.9 Å². The normalized spacial score (nSPS) is 13.7. The van der Waals surface area contributed by atoms with E-state index in [2.05, 4.69) is 54.9 Å². The van der Waals surface area contributed by atoms with Crippen LogP contribution >= 0.6 is 23.2 Å². The molecule has 7 rings (SSSR count). The van der Waals surface area contributed by atoms with Gasteiger partial charge in [0.1, 0.15) is 5.75 Å². The van der Waals surface area contributed by atoms with E-state index in [0.717, 1.165) is 44.6 Å². The zero-order chi connectivity index (χ0) is 28.1. The summed E-state index contributed by atoms with van der Waals surface area (Å²) in [5.41, 5.74) is 6.52. The van der Waals surface area contributed by atoms with Crippen LogP contribution in [0.2, 0.25) is 10.0 Å². The number of tetrazole rings is 1. The molecule has 6 aromatic rings. The Hall–Kier alpha value is -4.73. The summed E-state index contributed by atoms with van der Waals surface area (Å²) in [6.45, 7) is 0. The number of carbonyl (C=O) groups excluding carboxylic acids is 1. The molecule has 9 nitrogen and oxygen atoms in total. The maximum Gasteiger partial charge on any atom is 0.270 e. The average Bonchev–Trinajstić information content (AvgIpc) is 3.70. The van der Waals surface area contributed by atoms with Gasteiger partial charge in [0.05, 0.1) is 24.5 Å². The summed E-state index contributed by atoms with van der Waals surface area (Å²) < 4.78 is 7.55. The predicted molar refractivity (Wildman–Crippen MR) is 158 cm³/mol. The lowest BCUT2D eigenvalue weighted by atomic mass is 9.92. The van der Waals surface area contributed by atoms with Crippen molar-refractivity contribution in [1.82, 2.24) is 30.4 Å². The van der Waals surface area contributed by atoms with Gasteiger partial charge < -0.3 is 4.74 Å². The Kier molecular flexibility index (Phi) is 6.18. The van der Waals surface area contributed by atoms with Crippen molar-refractivity contribution >= 4 is 45.8 Å². The largest absolute Gasteiger partial charge is 0.497 e. The number of halogens is 2. The Labute approximate surface area is 244 Å². The summed E-state index contributed by atoms with van der Waals surface area (Å²) in [5, 5.41) is 24.3. The summed E-state index contributed by atoms with van der Waals surface area (Å²) in [4.78, 5) is 12.6. The first-order valence-corrected chi connectivity index (χ1v) is 13.5. The van der Waals surface area contributed by atoms with Gasteiger partial charge in [-0.2, -0.15) is 10.3 Å². The van der Waals surface area contributed by atoms with Crippen molar-refractivity contribution in [3.8, 4) is 28.3 Å². The van der Waals surface area contributed by atoms with Gasteiger partial charge in [-0.1, -0.05) is 58.6 Å². The first kappa shape index (κ1) is 25.3. The van der Waals surface area contributed by atoms with Gasteiger partial charge in [0.25, 0.3) is 11.9 Å². The number of amides is 1. The SMILES string of the molecule is COc1ccc2c3c(ccc2c1)C(Cc1ccc(C(=O)Nc2nn[nH]n2)cc1)n1nc(-c2cc(Cl)cc(Cl)c2)cc1-3. The zero-order valence-corrected chi connectivity index (χ0v) is 23.1. The van der Waals surface area contributed by atoms with E-state index in [1.807, 2.05) is 36.4 Å². The lowest BCUT2D eigenvalue weighted by molar-refractivity contribution is 0.102. The minimum Gasteiger partial charge on any atom is -0.497 e. The highest BCUT2D eigenvalue weighted by Crippen LogP contribution is 2.46. The molecule has 0 radical (unpaired) electrons. The monoisotopic (exact) mass is 581 g/mol. The molecule has 0 saturated carbocycles. The molecule has 0 aliphatic carbocycles. The van der Waals surface area contributed by atoms with Crippen LogP contribution in [0, 0.1) is 0 Å². The van der Waals surface area contributed by atoms with Gasteiger partial charge in [-0.3, -0.25) is 14.8 Å². The van der Waals surface area contributed by atoms with Gasteiger partial charge in [-0.05, 0) is 82.1 Å². The highest BCUT2D eigenvalue weighted by Gasteiger charge is 2.32. The molecule has 0 saturated heterocycles. The van der Waals surface area contributed by atoms with Crippen LogP contribution in [0.1, 0.15) is 27.5 Å². The number of methoxy groups -OCH3 is 1. The summed E-state index contributed by atoms with van der Waals surface area (Å²) in [5.74, 6) is 0.609. The molecule has 0 spiro atoms. The number of hydrogen-bond donors (Lipinski definition) is 2. The lowest BCUT2D eigenvalue weighted by Crippen LogP contribution is -2.14. The number of benzene rings is 4. The number of aromatic nitrogens is 6. The molecular formula is C30H21Cl2N7O2. The number of nitrogens with zero attached hydrogens (tertiary/aromatic N) is 5. The molecule has 3 heterocycles. The fraction of sp³-hybridized carbons (Fsp3) is 0.100. The number of hydrogen-bond acceptors (Lipinski definition) is 6. The second-order valence-corrected chi connectivity index (χ2v) is 10.6. The molecule has 2 aromatic heterocycles. The minimum atomic E-state index is -0.315. The van der Waals surface area contributed by atoms with E-state index in [9.17, 15) is 4.79 Å². The van der Waals surface area contributed by atoms with E-state index in [4.69, 9.17) is 33.0 Å². The molecule has 0 bridgehead atoms. The van der Waals surface area contributed by atoms with Crippen LogP contribution in [0.4, 0.5) is 5.95 Å². The van der Waals surface area contributed by atoms with Gasteiger partial charge in [-0.25, -0.2) is 0 Å². The molecule has 11 heteroatoms. The van der Waals surface area contributed by atoms with Crippen molar-refractivity contribution < 1.29 is 9.53 Å². The van der Waals surface area contributed by atoms with Crippen molar-refractivity contribution in [3.63, 3.8) is 0 Å². The van der Waals surface area contributed by atoms with Crippen molar-refractivity contribution in [1.29, 1.82) is 0 Å². The molecule has 202 valence electrons. The maximum absolute atomic E-state index is 12.6. The van der Waals surface area contributed by atoms with Gasteiger partial charge >= 0.3 is 0 Å². The van der Waals surface area contributed by atoms with Crippen molar-refractivity contribution in [3.05, 3.63) is 106 Å². The highest BCUT2D eigenvalue weighted by atomic mass is 35.5. The second-order valence-electron chi connectivity index (χ2n) is 9.74. The molecule has 2 N–H and O–H groups in total. The summed E-state index contributed by atoms with van der Waals surface area (Å²) >= 11 is 12.6. The van der Waals surface area contributed by atoms with Gasteiger partial charge in [-0.15, -0.1) is 5.10 Å². The number of H-pyrrole nitrogens is 1. The van der Waals surface area contributed by atoms with E-state index in [0.29, 0.717) is 22.0 Å². The van der Waals surface area contributed by atoms with E-state index in [-0.39, 0.29) is 17.9 Å². The van der Waals surface area contributed by atoms with E-state index >= 15 is 0 Å². The Balaban J connectivity index is 1.28. The van der Waals surface area contributed by atoms with Gasteiger partial charge in [0.15, 0.2) is 0 Å². The third-order valence-corrected chi connectivity index (χ3v) is 7.72. The fourth-order valence-electron chi connectivity index (χ4n) is 5.41. The molecule has 1 aliphatic heterocycles. The van der Waals surface area contributed by atoms with Crippen molar-refractivity contribution in [2.45, 2.75) is 12.5 Å². The number of carbonyl (C=O) groups is 1. The standard InChI is InChI=1S/C30H21Cl2N7O2/c1-41-22-7-9-23-18(13-22)6-8-24-26(10-16-2-4-17(5-3-16)29(40)33-30-34-37-38-35-30)39-27(28(23)24)15-25(36-39)19-11-20(31)14-21(32)12-19/h2-9,11-15,26H,10H2,1H3,(H2,33,34,35,37,38,40). The predicted octanol–water partition coefficient (Wildman–Crippen LogP) is 6.60. The Morgan fingerprint density at radius 1 is 1.00 bits per heavy atom. The molecule has 1 atom stereocenters. The van der Waals surface area contributed by atoms with Crippen LogP contribution < -0.4 is 10.1 Å². The smallest absolute Gasteiger partial charge is 0.270 e. The van der Waals surface area contributed by atoms with Gasteiger partial charge in [0, 0.05) is 26.7 Å². The fourth-order valence-corrected chi connectivity index (χ4v) is 5.93. The Bertz CT molecular complexity index is 1920. The molecular weight excluding hydrogens is 561 g/mol. The molecule has 41 heavy (non-hydrogen) atoms. The van der Waals surface area contributed by atoms with Crippen LogP contribution in [0.3, 0.4) is 0 Å². The summed E-state index contributed by atoms with van der Waals surface area (Å²) in [6.07, 6.45) is 0.672. The highest BCUT2D eigenvalue weighted by molar-refractivity contribution is 6.35. The number of ether oxygens (including phenoxy) is 1. The van der Waals surface area contributed by atoms with E-state index in [1.165, 1.54) is 5.56 Å². The van der Waals surface area contributed by atoms with Crippen LogP contribution in [0.25, 0.3) is 33.3 Å². The van der Waals surface area contributed by atoms with Crippen molar-refractivity contribution in [2.24, 2.45) is 0 Å². The first-order chi connectivity index (χ1) is 20.0. The van der Waals surface area contributed by atoms with E-state index < -0.39 is 0 Å². The number of aromatic amines is 1. The third kappa shape index (κ3) is 4.59. The molecule has 1 unspecified atom stereocenters. The average molecular weight is 582 g/mol. The first-order valence-electron chi connectivity index (χ1n) is 12.8. The van der Waals surface area contributed by atoms with Crippen LogP contribution in [-0.4, -0.2) is 43.4 Å². The molecule has 1 amide bonds. The topological polar surface area (TPSA) is 111 Å². The summed E-state index contributed by atoms with van der Waals surface area (Å²) in [6, 6.07) is 25.4. The molecule has 4 aromatic carbocycles. The number of fused-ring (bicyclic) bond motifs is 5. The number of nitrogens with one attached hydrogen (secondary N) is 2.